The van der Waals surface area contributed by atoms with Crippen molar-refractivity contribution in [3.63, 3.8) is 0 Å². The van der Waals surface area contributed by atoms with Gasteiger partial charge in [-0.15, -0.1) is 0 Å². The van der Waals surface area contributed by atoms with E-state index < -0.39 is 11.7 Å². The summed E-state index contributed by atoms with van der Waals surface area (Å²) in [4.78, 5) is 0. The van der Waals surface area contributed by atoms with Crippen molar-refractivity contribution in [1.82, 2.24) is 0 Å². The molecule has 106 valence electrons. The van der Waals surface area contributed by atoms with E-state index in [0.29, 0.717) is 5.56 Å². The molecule has 1 nitrogen and oxygen atoms in total. The maximum absolute atomic E-state index is 13.0. The smallest absolute Gasteiger partial charge is 0.324 e. The van der Waals surface area contributed by atoms with E-state index in [1.165, 1.54) is 12.1 Å². The lowest BCUT2D eigenvalue weighted by Crippen LogP contribution is -2.07. The molecule has 0 aliphatic rings. The molecule has 0 radical (unpaired) electrons. The summed E-state index contributed by atoms with van der Waals surface area (Å²) in [6.07, 6.45) is -4.44. The molecule has 0 bridgehead atoms. The molecular formula is C15H13ClF3N. The van der Waals surface area contributed by atoms with Gasteiger partial charge in [-0.25, -0.2) is 0 Å². The van der Waals surface area contributed by atoms with Crippen molar-refractivity contribution >= 4 is 11.6 Å². The van der Waals surface area contributed by atoms with E-state index in [2.05, 4.69) is 0 Å². The van der Waals surface area contributed by atoms with Crippen LogP contribution in [0.1, 0.15) is 24.1 Å². The SMILES string of the molecule is CC(N)c1ccc(-c2ccc(Cl)cc2C(F)(F)F)cc1. The van der Waals surface area contributed by atoms with Crippen LogP contribution in [0.3, 0.4) is 0 Å². The minimum Gasteiger partial charge on any atom is -0.324 e. The van der Waals surface area contributed by atoms with Crippen LogP contribution in [0.4, 0.5) is 13.2 Å². The molecule has 0 aliphatic carbocycles. The van der Waals surface area contributed by atoms with Gasteiger partial charge < -0.3 is 5.73 Å². The number of hydrogen-bond donors (Lipinski definition) is 1. The second-order valence-electron chi connectivity index (χ2n) is 4.60. The van der Waals surface area contributed by atoms with Crippen molar-refractivity contribution < 1.29 is 13.2 Å². The molecule has 0 saturated heterocycles. The fourth-order valence-electron chi connectivity index (χ4n) is 1.97. The molecular weight excluding hydrogens is 287 g/mol. The number of alkyl halides is 3. The zero-order chi connectivity index (χ0) is 14.9. The zero-order valence-corrected chi connectivity index (χ0v) is 11.5. The number of halogens is 4. The van der Waals surface area contributed by atoms with Gasteiger partial charge >= 0.3 is 6.18 Å². The van der Waals surface area contributed by atoms with Gasteiger partial charge in [0.05, 0.1) is 5.56 Å². The molecule has 1 unspecified atom stereocenters. The molecule has 0 saturated carbocycles. The Kier molecular flexibility index (Phi) is 4.06. The van der Waals surface area contributed by atoms with Crippen molar-refractivity contribution in [3.8, 4) is 11.1 Å². The van der Waals surface area contributed by atoms with Crippen LogP contribution >= 0.6 is 11.6 Å². The van der Waals surface area contributed by atoms with Crippen LogP contribution in [0.5, 0.6) is 0 Å². The summed E-state index contributed by atoms with van der Waals surface area (Å²) in [6, 6.07) is 10.3. The topological polar surface area (TPSA) is 26.0 Å². The molecule has 0 aromatic heterocycles. The molecule has 1 atom stereocenters. The highest BCUT2D eigenvalue weighted by Gasteiger charge is 2.33. The van der Waals surface area contributed by atoms with Crippen molar-refractivity contribution in [1.29, 1.82) is 0 Å². The zero-order valence-electron chi connectivity index (χ0n) is 10.7. The van der Waals surface area contributed by atoms with Crippen LogP contribution in [-0.4, -0.2) is 0 Å². The standard InChI is InChI=1S/C15H13ClF3N/c1-9(20)10-2-4-11(5-3-10)13-7-6-12(16)8-14(13)15(17,18)19/h2-9H,20H2,1H3. The third-order valence-corrected chi connectivity index (χ3v) is 3.27. The van der Waals surface area contributed by atoms with E-state index in [1.807, 2.05) is 6.92 Å². The predicted octanol–water partition coefficient (Wildman–Crippen LogP) is 5.05. The van der Waals surface area contributed by atoms with Gasteiger partial charge in [0.25, 0.3) is 0 Å². The number of nitrogens with two attached hydrogens (primary N) is 1. The fraction of sp³-hybridized carbons (Fsp3) is 0.200. The van der Waals surface area contributed by atoms with Crippen LogP contribution in [0.15, 0.2) is 42.5 Å². The lowest BCUT2D eigenvalue weighted by molar-refractivity contribution is -0.137. The van der Waals surface area contributed by atoms with Crippen LogP contribution in [0.2, 0.25) is 5.02 Å². The minimum atomic E-state index is -4.44. The Hall–Kier alpha value is -1.52. The van der Waals surface area contributed by atoms with Gasteiger partial charge in [0.1, 0.15) is 0 Å². The number of rotatable bonds is 2. The number of benzene rings is 2. The Labute approximate surface area is 120 Å². The van der Waals surface area contributed by atoms with E-state index in [1.54, 1.807) is 24.3 Å². The lowest BCUT2D eigenvalue weighted by atomic mass is 9.97. The Morgan fingerprint density at radius 1 is 1.05 bits per heavy atom. The predicted molar refractivity (Wildman–Crippen MR) is 74.5 cm³/mol. The molecule has 0 heterocycles. The van der Waals surface area contributed by atoms with E-state index in [0.717, 1.165) is 11.6 Å². The van der Waals surface area contributed by atoms with Gasteiger partial charge in [0.15, 0.2) is 0 Å². The first-order valence-corrected chi connectivity index (χ1v) is 6.39. The van der Waals surface area contributed by atoms with Crippen molar-refractivity contribution in [2.75, 3.05) is 0 Å². The summed E-state index contributed by atoms with van der Waals surface area (Å²) in [7, 11) is 0. The van der Waals surface area contributed by atoms with Crippen molar-refractivity contribution in [2.45, 2.75) is 19.1 Å². The highest BCUT2D eigenvalue weighted by atomic mass is 35.5. The molecule has 2 aromatic rings. The van der Waals surface area contributed by atoms with Gasteiger partial charge in [-0.1, -0.05) is 41.9 Å². The summed E-state index contributed by atoms with van der Waals surface area (Å²) < 4.78 is 39.1. The fourth-order valence-corrected chi connectivity index (χ4v) is 2.14. The highest BCUT2D eigenvalue weighted by Crippen LogP contribution is 2.38. The average Bonchev–Trinajstić information content (AvgIpc) is 2.38. The second-order valence-corrected chi connectivity index (χ2v) is 5.03. The van der Waals surface area contributed by atoms with Crippen molar-refractivity contribution in [2.24, 2.45) is 5.73 Å². The Morgan fingerprint density at radius 2 is 1.65 bits per heavy atom. The Balaban J connectivity index is 2.52. The first-order chi connectivity index (χ1) is 9.29. The highest BCUT2D eigenvalue weighted by molar-refractivity contribution is 6.30. The summed E-state index contributed by atoms with van der Waals surface area (Å²) in [5.41, 5.74) is 6.45. The van der Waals surface area contributed by atoms with E-state index >= 15 is 0 Å². The van der Waals surface area contributed by atoms with Gasteiger partial charge in [-0.05, 0) is 35.7 Å². The minimum absolute atomic E-state index is 0.0632. The quantitative estimate of drug-likeness (QED) is 0.825. The van der Waals surface area contributed by atoms with E-state index in [4.69, 9.17) is 17.3 Å². The van der Waals surface area contributed by atoms with Gasteiger partial charge in [0.2, 0.25) is 0 Å². The van der Waals surface area contributed by atoms with Crippen LogP contribution in [-0.2, 0) is 6.18 Å². The van der Waals surface area contributed by atoms with Gasteiger partial charge in [-0.3, -0.25) is 0 Å². The lowest BCUT2D eigenvalue weighted by Gasteiger charge is -2.14. The van der Waals surface area contributed by atoms with Crippen molar-refractivity contribution in [3.05, 3.63) is 58.6 Å². The monoisotopic (exact) mass is 299 g/mol. The second kappa shape index (κ2) is 5.46. The molecule has 0 spiro atoms. The summed E-state index contributed by atoms with van der Waals surface area (Å²) in [5, 5.41) is 0.0632. The maximum Gasteiger partial charge on any atom is 0.417 e. The number of hydrogen-bond acceptors (Lipinski definition) is 1. The molecule has 2 rings (SSSR count). The van der Waals surface area contributed by atoms with Crippen LogP contribution in [0.25, 0.3) is 11.1 Å². The Bertz CT molecular complexity index is 604. The summed E-state index contributed by atoms with van der Waals surface area (Å²) in [5.74, 6) is 0. The van der Waals surface area contributed by atoms with Gasteiger partial charge in [-0.2, -0.15) is 13.2 Å². The normalized spacial score (nSPS) is 13.3. The third kappa shape index (κ3) is 3.14. The molecule has 2 aromatic carbocycles. The molecule has 2 N–H and O–H groups in total. The third-order valence-electron chi connectivity index (χ3n) is 3.03. The van der Waals surface area contributed by atoms with E-state index in [9.17, 15) is 13.2 Å². The Morgan fingerprint density at radius 3 is 2.15 bits per heavy atom. The average molecular weight is 300 g/mol. The summed E-state index contributed by atoms with van der Waals surface area (Å²) in [6.45, 7) is 1.82. The molecule has 0 amide bonds. The largest absolute Gasteiger partial charge is 0.417 e. The van der Waals surface area contributed by atoms with Gasteiger partial charge in [0, 0.05) is 11.1 Å². The van der Waals surface area contributed by atoms with E-state index in [-0.39, 0.29) is 16.6 Å². The summed E-state index contributed by atoms with van der Waals surface area (Å²) >= 11 is 5.66. The molecule has 0 aliphatic heterocycles. The molecule has 20 heavy (non-hydrogen) atoms. The first-order valence-electron chi connectivity index (χ1n) is 6.01. The molecule has 5 heteroatoms. The van der Waals surface area contributed by atoms with Crippen LogP contribution in [0, 0.1) is 0 Å². The first kappa shape index (κ1) is 14.9. The molecule has 0 fully saturated rings. The maximum atomic E-state index is 13.0. The van der Waals surface area contributed by atoms with Crippen LogP contribution < -0.4 is 5.73 Å².